The van der Waals surface area contributed by atoms with Crippen LogP contribution in [-0.2, 0) is 4.79 Å². The highest BCUT2D eigenvalue weighted by Gasteiger charge is 2.08. The van der Waals surface area contributed by atoms with Gasteiger partial charge in [-0.25, -0.2) is 0 Å². The van der Waals surface area contributed by atoms with Crippen molar-refractivity contribution in [3.63, 3.8) is 0 Å². The lowest BCUT2D eigenvalue weighted by molar-refractivity contribution is -0.114. The average Bonchev–Trinajstić information content (AvgIpc) is 2.26. The minimum absolute atomic E-state index is 0.0868. The van der Waals surface area contributed by atoms with Crippen molar-refractivity contribution in [2.75, 3.05) is 5.32 Å². The van der Waals surface area contributed by atoms with Crippen LogP contribution in [0.1, 0.15) is 18.1 Å². The smallest absolute Gasteiger partial charge is 0.221 e. The minimum atomic E-state index is -0.0868. The number of phenols is 1. The highest BCUT2D eigenvalue weighted by molar-refractivity contribution is 5.89. The van der Waals surface area contributed by atoms with E-state index in [1.165, 1.54) is 6.92 Å². The van der Waals surface area contributed by atoms with E-state index in [1.807, 2.05) is 38.1 Å². The maximum atomic E-state index is 11.1. The van der Waals surface area contributed by atoms with Crippen LogP contribution in [-0.4, -0.2) is 11.0 Å². The molecule has 3 nitrogen and oxygen atoms in total. The lowest BCUT2D eigenvalue weighted by Crippen LogP contribution is -2.05. The predicted molar refractivity (Wildman–Crippen MR) is 77.3 cm³/mol. The van der Waals surface area contributed by atoms with Crippen LogP contribution in [0, 0.1) is 13.8 Å². The molecule has 0 atom stereocenters. The molecule has 1 amide bonds. The van der Waals surface area contributed by atoms with E-state index < -0.39 is 0 Å². The van der Waals surface area contributed by atoms with E-state index in [-0.39, 0.29) is 11.7 Å². The molecule has 2 aromatic carbocycles. The first-order valence-electron chi connectivity index (χ1n) is 6.15. The van der Waals surface area contributed by atoms with Gasteiger partial charge in [-0.15, -0.1) is 0 Å². The van der Waals surface area contributed by atoms with Gasteiger partial charge >= 0.3 is 0 Å². The molecular formula is C16H17NO2. The van der Waals surface area contributed by atoms with E-state index in [1.54, 1.807) is 12.1 Å². The predicted octanol–water partition coefficient (Wildman–Crippen LogP) is 3.63. The molecule has 0 bridgehead atoms. The Bertz CT molecular complexity index is 609. The molecule has 19 heavy (non-hydrogen) atoms. The Morgan fingerprint density at radius 3 is 2.32 bits per heavy atom. The zero-order chi connectivity index (χ0) is 14.0. The number of hydrogen-bond donors (Lipinski definition) is 2. The number of nitrogens with one attached hydrogen (secondary N) is 1. The van der Waals surface area contributed by atoms with Crippen LogP contribution in [0.25, 0.3) is 11.1 Å². The Morgan fingerprint density at radius 1 is 1.11 bits per heavy atom. The van der Waals surface area contributed by atoms with Gasteiger partial charge < -0.3 is 10.4 Å². The normalized spacial score (nSPS) is 10.3. The zero-order valence-corrected chi connectivity index (χ0v) is 11.3. The van der Waals surface area contributed by atoms with E-state index in [9.17, 15) is 9.90 Å². The third kappa shape index (κ3) is 2.94. The number of rotatable bonds is 2. The van der Waals surface area contributed by atoms with Gasteiger partial charge in [0.05, 0.1) is 0 Å². The van der Waals surface area contributed by atoms with Gasteiger partial charge in [0.15, 0.2) is 0 Å². The van der Waals surface area contributed by atoms with E-state index in [0.717, 1.165) is 27.9 Å². The molecule has 0 unspecified atom stereocenters. The molecule has 0 aliphatic carbocycles. The first kappa shape index (κ1) is 13.1. The Hall–Kier alpha value is -2.29. The molecule has 0 spiro atoms. The molecule has 0 radical (unpaired) electrons. The molecular weight excluding hydrogens is 238 g/mol. The molecule has 0 aliphatic heterocycles. The number of aromatic hydroxyl groups is 1. The molecule has 2 N–H and O–H groups in total. The largest absolute Gasteiger partial charge is 0.508 e. The van der Waals surface area contributed by atoms with Crippen molar-refractivity contribution >= 4 is 11.6 Å². The Kier molecular flexibility index (Phi) is 3.56. The summed E-state index contributed by atoms with van der Waals surface area (Å²) in [6, 6.07) is 11.2. The quantitative estimate of drug-likeness (QED) is 0.860. The van der Waals surface area contributed by atoms with Gasteiger partial charge in [0.1, 0.15) is 5.75 Å². The molecule has 0 aromatic heterocycles. The molecule has 2 aromatic rings. The lowest BCUT2D eigenvalue weighted by atomic mass is 9.95. The van der Waals surface area contributed by atoms with Crippen LogP contribution in [0.15, 0.2) is 36.4 Å². The van der Waals surface area contributed by atoms with Crippen molar-refractivity contribution in [1.82, 2.24) is 0 Å². The SMILES string of the molecule is CC(=O)Nc1cccc(-c2c(C)cc(O)cc2C)c1. The lowest BCUT2D eigenvalue weighted by Gasteiger charge is -2.12. The number of anilines is 1. The van der Waals surface area contributed by atoms with Crippen molar-refractivity contribution < 1.29 is 9.90 Å². The van der Waals surface area contributed by atoms with Gasteiger partial charge in [0, 0.05) is 12.6 Å². The van der Waals surface area contributed by atoms with Crippen LogP contribution in [0.5, 0.6) is 5.75 Å². The first-order valence-corrected chi connectivity index (χ1v) is 6.15. The Labute approximate surface area is 112 Å². The number of aryl methyl sites for hydroxylation is 2. The van der Waals surface area contributed by atoms with Gasteiger partial charge in [-0.3, -0.25) is 4.79 Å². The van der Waals surface area contributed by atoms with Crippen LogP contribution < -0.4 is 5.32 Å². The van der Waals surface area contributed by atoms with Crippen molar-refractivity contribution in [2.24, 2.45) is 0 Å². The van der Waals surface area contributed by atoms with E-state index in [0.29, 0.717) is 0 Å². The second-order valence-electron chi connectivity index (χ2n) is 4.72. The fraction of sp³-hybridized carbons (Fsp3) is 0.188. The van der Waals surface area contributed by atoms with Crippen molar-refractivity contribution in [3.8, 4) is 16.9 Å². The number of carbonyl (C=O) groups excluding carboxylic acids is 1. The molecule has 0 aliphatic rings. The van der Waals surface area contributed by atoms with Gasteiger partial charge in [-0.1, -0.05) is 12.1 Å². The number of carbonyl (C=O) groups is 1. The van der Waals surface area contributed by atoms with Crippen molar-refractivity contribution in [1.29, 1.82) is 0 Å². The Balaban J connectivity index is 2.50. The summed E-state index contributed by atoms with van der Waals surface area (Å²) in [7, 11) is 0. The van der Waals surface area contributed by atoms with Crippen molar-refractivity contribution in [3.05, 3.63) is 47.5 Å². The third-order valence-corrected chi connectivity index (χ3v) is 2.99. The summed E-state index contributed by atoms with van der Waals surface area (Å²) in [5.74, 6) is 0.188. The number of benzene rings is 2. The molecule has 98 valence electrons. The third-order valence-electron chi connectivity index (χ3n) is 2.99. The summed E-state index contributed by atoms with van der Waals surface area (Å²) >= 11 is 0. The Morgan fingerprint density at radius 2 is 1.74 bits per heavy atom. The van der Waals surface area contributed by atoms with Gasteiger partial charge in [0.2, 0.25) is 5.91 Å². The topological polar surface area (TPSA) is 49.3 Å². The summed E-state index contributed by atoms with van der Waals surface area (Å²) in [4.78, 5) is 11.1. The molecule has 3 heteroatoms. The zero-order valence-electron chi connectivity index (χ0n) is 11.3. The average molecular weight is 255 g/mol. The fourth-order valence-electron chi connectivity index (χ4n) is 2.35. The fourth-order valence-corrected chi connectivity index (χ4v) is 2.35. The molecule has 0 saturated carbocycles. The summed E-state index contributed by atoms with van der Waals surface area (Å²) in [6.07, 6.45) is 0. The van der Waals surface area contributed by atoms with Gasteiger partial charge in [-0.05, 0) is 60.4 Å². The maximum Gasteiger partial charge on any atom is 0.221 e. The van der Waals surface area contributed by atoms with Crippen LogP contribution in [0.3, 0.4) is 0 Å². The van der Waals surface area contributed by atoms with Gasteiger partial charge in [0.25, 0.3) is 0 Å². The summed E-state index contributed by atoms with van der Waals surface area (Å²) in [5.41, 5.74) is 4.91. The van der Waals surface area contributed by atoms with Crippen LogP contribution in [0.4, 0.5) is 5.69 Å². The molecule has 0 fully saturated rings. The number of phenolic OH excluding ortho intramolecular Hbond substituents is 1. The van der Waals surface area contributed by atoms with E-state index in [4.69, 9.17) is 0 Å². The molecule has 0 saturated heterocycles. The monoisotopic (exact) mass is 255 g/mol. The van der Waals surface area contributed by atoms with E-state index in [2.05, 4.69) is 5.32 Å². The highest BCUT2D eigenvalue weighted by Crippen LogP contribution is 2.31. The highest BCUT2D eigenvalue weighted by atomic mass is 16.3. The standard InChI is InChI=1S/C16H17NO2/c1-10-7-15(19)8-11(2)16(10)13-5-4-6-14(9-13)17-12(3)18/h4-9,19H,1-3H3,(H,17,18). The number of hydrogen-bond acceptors (Lipinski definition) is 2. The minimum Gasteiger partial charge on any atom is -0.508 e. The first-order chi connectivity index (χ1) is 8.97. The van der Waals surface area contributed by atoms with Gasteiger partial charge in [-0.2, -0.15) is 0 Å². The second kappa shape index (κ2) is 5.14. The van der Waals surface area contributed by atoms with Crippen LogP contribution in [0.2, 0.25) is 0 Å². The second-order valence-corrected chi connectivity index (χ2v) is 4.72. The summed E-state index contributed by atoms with van der Waals surface area (Å²) in [6.45, 7) is 5.42. The molecule has 2 rings (SSSR count). The van der Waals surface area contributed by atoms with E-state index >= 15 is 0 Å². The van der Waals surface area contributed by atoms with Crippen LogP contribution >= 0.6 is 0 Å². The van der Waals surface area contributed by atoms with Crippen molar-refractivity contribution in [2.45, 2.75) is 20.8 Å². The summed E-state index contributed by atoms with van der Waals surface area (Å²) < 4.78 is 0. The molecule has 0 heterocycles. The maximum absolute atomic E-state index is 11.1. The summed E-state index contributed by atoms with van der Waals surface area (Å²) in [5, 5.41) is 12.4. The number of amides is 1.